The third kappa shape index (κ3) is 3.87. The van der Waals surface area contributed by atoms with Crippen molar-refractivity contribution in [2.24, 2.45) is 0 Å². The van der Waals surface area contributed by atoms with Gasteiger partial charge < -0.3 is 5.11 Å². The molecule has 0 saturated heterocycles. The van der Waals surface area contributed by atoms with E-state index in [1.807, 2.05) is 6.92 Å². The molecule has 0 fully saturated rings. The Morgan fingerprint density at radius 3 is 2.81 bits per heavy atom. The summed E-state index contributed by atoms with van der Waals surface area (Å²) in [5.41, 5.74) is 0.665. The van der Waals surface area contributed by atoms with Gasteiger partial charge in [0, 0.05) is 6.54 Å². The van der Waals surface area contributed by atoms with E-state index < -0.39 is 16.0 Å². The highest BCUT2D eigenvalue weighted by Crippen LogP contribution is 2.30. The highest BCUT2D eigenvalue weighted by Gasteiger charge is 2.18. The van der Waals surface area contributed by atoms with Crippen LogP contribution in [0.5, 0.6) is 0 Å². The number of nitrogens with one attached hydrogen (secondary N) is 1. The number of carboxylic acid groups (broad SMARTS) is 1. The fourth-order valence-electron chi connectivity index (χ4n) is 1.44. The van der Waals surface area contributed by atoms with Crippen LogP contribution < -0.4 is 4.72 Å². The number of hydrogen-bond acceptors (Lipinski definition) is 6. The van der Waals surface area contributed by atoms with Crippen LogP contribution in [0.15, 0.2) is 20.3 Å². The molecule has 0 atom stereocenters. The average molecular weight is 395 g/mol. The molecule has 11 heteroatoms. The van der Waals surface area contributed by atoms with Crippen molar-refractivity contribution in [2.75, 3.05) is 6.54 Å². The first-order chi connectivity index (χ1) is 9.79. The van der Waals surface area contributed by atoms with Gasteiger partial charge in [-0.15, -0.1) is 16.4 Å². The van der Waals surface area contributed by atoms with Gasteiger partial charge >= 0.3 is 5.97 Å². The third-order valence-electron chi connectivity index (χ3n) is 2.49. The average Bonchev–Trinajstić information content (AvgIpc) is 2.98. The van der Waals surface area contributed by atoms with E-state index in [1.54, 1.807) is 6.07 Å². The number of carbonyl (C=O) groups is 1. The van der Waals surface area contributed by atoms with Crippen LogP contribution in [0.3, 0.4) is 0 Å². The Kier molecular flexibility index (Phi) is 4.76. The van der Waals surface area contributed by atoms with Gasteiger partial charge in [0.15, 0.2) is 5.69 Å². The van der Waals surface area contributed by atoms with Crippen LogP contribution >= 0.6 is 27.3 Å². The zero-order valence-corrected chi connectivity index (χ0v) is 14.0. The van der Waals surface area contributed by atoms with Crippen molar-refractivity contribution in [3.63, 3.8) is 0 Å². The highest BCUT2D eigenvalue weighted by molar-refractivity contribution is 9.11. The monoisotopic (exact) mass is 394 g/mol. The number of rotatable bonds is 6. The molecule has 0 aliphatic carbocycles. The van der Waals surface area contributed by atoms with Crippen molar-refractivity contribution < 1.29 is 18.3 Å². The molecule has 0 unspecified atom stereocenters. The molecule has 2 rings (SSSR count). The van der Waals surface area contributed by atoms with Crippen LogP contribution in [-0.2, 0) is 16.6 Å². The van der Waals surface area contributed by atoms with Gasteiger partial charge in [-0.1, -0.05) is 5.21 Å². The number of aromatic nitrogens is 3. The van der Waals surface area contributed by atoms with E-state index in [0.717, 1.165) is 20.7 Å². The molecule has 0 spiro atoms. The SMILES string of the molecule is Cc1cc(S(=O)(=O)NCCn2cc(C(=O)O)nn2)sc1Br. The van der Waals surface area contributed by atoms with E-state index in [9.17, 15) is 13.2 Å². The van der Waals surface area contributed by atoms with Gasteiger partial charge in [0.05, 0.1) is 16.5 Å². The van der Waals surface area contributed by atoms with Crippen LogP contribution in [0.25, 0.3) is 0 Å². The number of sulfonamides is 1. The topological polar surface area (TPSA) is 114 Å². The standard InChI is InChI=1S/C10H11BrN4O4S2/c1-6-4-8(20-9(6)11)21(18,19)12-2-3-15-5-7(10(16)17)13-14-15/h4-5,12H,2-3H2,1H3,(H,16,17). The molecular formula is C10H11BrN4O4S2. The van der Waals surface area contributed by atoms with Crippen molar-refractivity contribution in [2.45, 2.75) is 17.7 Å². The van der Waals surface area contributed by atoms with E-state index in [4.69, 9.17) is 5.11 Å². The lowest BCUT2D eigenvalue weighted by Gasteiger charge is -2.04. The summed E-state index contributed by atoms with van der Waals surface area (Å²) in [7, 11) is -3.58. The first kappa shape index (κ1) is 16.1. The molecule has 8 nitrogen and oxygen atoms in total. The molecule has 0 radical (unpaired) electrons. The number of nitrogens with zero attached hydrogens (tertiary/aromatic N) is 3. The summed E-state index contributed by atoms with van der Waals surface area (Å²) in [6.07, 6.45) is 1.24. The van der Waals surface area contributed by atoms with Crippen molar-refractivity contribution in [3.8, 4) is 0 Å². The molecule has 0 amide bonds. The van der Waals surface area contributed by atoms with E-state index in [1.165, 1.54) is 10.9 Å². The fraction of sp³-hybridized carbons (Fsp3) is 0.300. The number of halogens is 1. The van der Waals surface area contributed by atoms with Gasteiger partial charge in [-0.25, -0.2) is 17.9 Å². The first-order valence-corrected chi connectivity index (χ1v) is 8.78. The minimum atomic E-state index is -3.58. The molecule has 2 N–H and O–H groups in total. The summed E-state index contributed by atoms with van der Waals surface area (Å²) in [6.45, 7) is 2.08. The van der Waals surface area contributed by atoms with Gasteiger partial charge in [0.25, 0.3) is 0 Å². The van der Waals surface area contributed by atoms with Crippen molar-refractivity contribution in [1.82, 2.24) is 19.7 Å². The molecule has 114 valence electrons. The molecule has 0 aromatic carbocycles. The zero-order chi connectivity index (χ0) is 15.6. The Hall–Kier alpha value is -1.30. The van der Waals surface area contributed by atoms with Crippen LogP contribution in [0.4, 0.5) is 0 Å². The maximum atomic E-state index is 12.0. The highest BCUT2D eigenvalue weighted by atomic mass is 79.9. The zero-order valence-electron chi connectivity index (χ0n) is 10.8. The Morgan fingerprint density at radius 2 is 2.29 bits per heavy atom. The van der Waals surface area contributed by atoms with Gasteiger partial charge in [0.2, 0.25) is 10.0 Å². The Labute approximate surface area is 133 Å². The molecule has 0 saturated carbocycles. The minimum absolute atomic E-state index is 0.0827. The second kappa shape index (κ2) is 6.22. The van der Waals surface area contributed by atoms with E-state index in [0.29, 0.717) is 0 Å². The summed E-state index contributed by atoms with van der Waals surface area (Å²) < 4.78 is 28.8. The smallest absolute Gasteiger partial charge is 0.358 e. The number of thiophene rings is 1. The number of aryl methyl sites for hydroxylation is 1. The predicted octanol–water partition coefficient (Wildman–Crippen LogP) is 1.09. The van der Waals surface area contributed by atoms with Gasteiger partial charge in [0.1, 0.15) is 4.21 Å². The fourth-order valence-corrected chi connectivity index (χ4v) is 4.73. The van der Waals surface area contributed by atoms with Gasteiger partial charge in [-0.3, -0.25) is 4.68 Å². The second-order valence-corrected chi connectivity index (χ2v) is 8.46. The maximum absolute atomic E-state index is 12.0. The van der Waals surface area contributed by atoms with Crippen molar-refractivity contribution in [3.05, 3.63) is 27.3 Å². The minimum Gasteiger partial charge on any atom is -0.476 e. The molecule has 0 bridgehead atoms. The Balaban J connectivity index is 1.97. The first-order valence-electron chi connectivity index (χ1n) is 5.68. The van der Waals surface area contributed by atoms with Crippen LogP contribution in [0.1, 0.15) is 16.1 Å². The number of carboxylic acids is 1. The quantitative estimate of drug-likeness (QED) is 0.757. The van der Waals surface area contributed by atoms with Crippen LogP contribution in [0, 0.1) is 6.92 Å². The van der Waals surface area contributed by atoms with E-state index in [-0.39, 0.29) is 23.0 Å². The summed E-state index contributed by atoms with van der Waals surface area (Å²) >= 11 is 4.41. The maximum Gasteiger partial charge on any atom is 0.358 e. The molecule has 21 heavy (non-hydrogen) atoms. The van der Waals surface area contributed by atoms with Crippen molar-refractivity contribution in [1.29, 1.82) is 0 Å². The largest absolute Gasteiger partial charge is 0.476 e. The van der Waals surface area contributed by atoms with Crippen molar-refractivity contribution >= 4 is 43.3 Å². The summed E-state index contributed by atoms with van der Waals surface area (Å²) in [6, 6.07) is 1.58. The second-order valence-electron chi connectivity index (χ2n) is 4.09. The van der Waals surface area contributed by atoms with Gasteiger partial charge in [-0.2, -0.15) is 0 Å². The summed E-state index contributed by atoms with van der Waals surface area (Å²) in [5, 5.41) is 15.7. The lowest BCUT2D eigenvalue weighted by atomic mass is 10.4. The van der Waals surface area contributed by atoms with Gasteiger partial charge in [-0.05, 0) is 34.5 Å². The molecule has 2 aromatic heterocycles. The van der Waals surface area contributed by atoms with E-state index >= 15 is 0 Å². The summed E-state index contributed by atoms with van der Waals surface area (Å²) in [4.78, 5) is 10.6. The lowest BCUT2D eigenvalue weighted by molar-refractivity contribution is 0.0690. The molecule has 2 heterocycles. The summed E-state index contributed by atoms with van der Waals surface area (Å²) in [5.74, 6) is -1.18. The normalized spacial score (nSPS) is 11.7. The molecule has 0 aliphatic rings. The van der Waals surface area contributed by atoms with Crippen LogP contribution in [-0.4, -0.2) is 41.0 Å². The predicted molar refractivity (Wildman–Crippen MR) is 78.9 cm³/mol. The molecular weight excluding hydrogens is 384 g/mol. The number of aromatic carboxylic acids is 1. The Bertz CT molecular complexity index is 748. The Morgan fingerprint density at radius 1 is 1.57 bits per heavy atom. The number of hydrogen-bond donors (Lipinski definition) is 2. The molecule has 2 aromatic rings. The third-order valence-corrected chi connectivity index (χ3v) is 6.56. The van der Waals surface area contributed by atoms with E-state index in [2.05, 4.69) is 31.0 Å². The molecule has 0 aliphatic heterocycles. The van der Waals surface area contributed by atoms with Crippen LogP contribution in [0.2, 0.25) is 0 Å². The lowest BCUT2D eigenvalue weighted by Crippen LogP contribution is -2.27.